The van der Waals surface area contributed by atoms with Crippen LogP contribution in [0.25, 0.3) is 0 Å². The summed E-state index contributed by atoms with van der Waals surface area (Å²) in [6.07, 6.45) is 2.00. The average Bonchev–Trinajstić information content (AvgIpc) is 2.61. The minimum absolute atomic E-state index is 0.0655. The topological polar surface area (TPSA) is 76.8 Å². The summed E-state index contributed by atoms with van der Waals surface area (Å²) >= 11 is 0. The zero-order valence-electron chi connectivity index (χ0n) is 14.5. The predicted molar refractivity (Wildman–Crippen MR) is 94.3 cm³/mol. The van der Waals surface area contributed by atoms with E-state index in [1.54, 1.807) is 0 Å². The summed E-state index contributed by atoms with van der Waals surface area (Å²) in [5.41, 5.74) is 5.43. The highest BCUT2D eigenvalue weighted by molar-refractivity contribution is 5.78. The van der Waals surface area contributed by atoms with Crippen molar-refractivity contribution in [2.75, 3.05) is 45.9 Å². The zero-order chi connectivity index (χ0) is 17.2. The Bertz CT molecular complexity index is 493. The van der Waals surface area contributed by atoms with E-state index in [0.29, 0.717) is 26.3 Å². The Balaban J connectivity index is 1.70. The Labute approximate surface area is 144 Å². The van der Waals surface area contributed by atoms with Gasteiger partial charge in [-0.15, -0.1) is 0 Å². The summed E-state index contributed by atoms with van der Waals surface area (Å²) in [7, 11) is 0. The molecule has 0 bridgehead atoms. The summed E-state index contributed by atoms with van der Waals surface area (Å²) in [5, 5.41) is 2.89. The number of hydrogen-bond donors (Lipinski definition) is 2. The third kappa shape index (κ3) is 6.02. The molecule has 1 unspecified atom stereocenters. The van der Waals surface area contributed by atoms with Crippen LogP contribution in [0.3, 0.4) is 0 Å². The van der Waals surface area contributed by atoms with Crippen LogP contribution in [-0.2, 0) is 4.79 Å². The lowest BCUT2D eigenvalue weighted by molar-refractivity contribution is -0.126. The van der Waals surface area contributed by atoms with E-state index in [2.05, 4.69) is 10.2 Å². The number of piperidine rings is 1. The fourth-order valence-corrected chi connectivity index (χ4v) is 2.90. The van der Waals surface area contributed by atoms with Gasteiger partial charge in [-0.05, 0) is 50.6 Å². The molecule has 1 saturated heterocycles. The van der Waals surface area contributed by atoms with Gasteiger partial charge in [-0.1, -0.05) is 0 Å². The second-order valence-corrected chi connectivity index (χ2v) is 5.97. The monoisotopic (exact) mass is 335 g/mol. The van der Waals surface area contributed by atoms with Crippen molar-refractivity contribution in [2.24, 2.45) is 11.7 Å². The third-order valence-electron chi connectivity index (χ3n) is 4.13. The molecule has 1 aromatic rings. The summed E-state index contributed by atoms with van der Waals surface area (Å²) in [6.45, 7) is 6.92. The molecule has 0 aliphatic carbocycles. The predicted octanol–water partition coefficient (Wildman–Crippen LogP) is 1.25. The SMILES string of the molecule is CCOc1ccc(OCCN2CCCC(C(=O)NCCN)C2)cc1. The molecule has 24 heavy (non-hydrogen) atoms. The molecule has 1 aromatic carbocycles. The fourth-order valence-electron chi connectivity index (χ4n) is 2.90. The number of carbonyl (C=O) groups is 1. The van der Waals surface area contributed by atoms with Crippen molar-refractivity contribution in [1.29, 1.82) is 0 Å². The van der Waals surface area contributed by atoms with Crippen molar-refractivity contribution in [3.8, 4) is 11.5 Å². The van der Waals surface area contributed by atoms with Gasteiger partial charge >= 0.3 is 0 Å². The van der Waals surface area contributed by atoms with Crippen molar-refractivity contribution in [3.63, 3.8) is 0 Å². The van der Waals surface area contributed by atoms with E-state index >= 15 is 0 Å². The van der Waals surface area contributed by atoms with E-state index in [0.717, 1.165) is 44.0 Å². The first-order chi connectivity index (χ1) is 11.7. The summed E-state index contributed by atoms with van der Waals surface area (Å²) in [4.78, 5) is 14.3. The molecule has 6 nitrogen and oxygen atoms in total. The number of likely N-dealkylation sites (tertiary alicyclic amines) is 1. The number of hydrogen-bond acceptors (Lipinski definition) is 5. The lowest BCUT2D eigenvalue weighted by atomic mass is 9.97. The first-order valence-electron chi connectivity index (χ1n) is 8.78. The van der Waals surface area contributed by atoms with Crippen molar-refractivity contribution < 1.29 is 14.3 Å². The van der Waals surface area contributed by atoms with Gasteiger partial charge in [-0.25, -0.2) is 0 Å². The van der Waals surface area contributed by atoms with Crippen LogP contribution in [0, 0.1) is 5.92 Å². The molecule has 1 amide bonds. The number of nitrogens with zero attached hydrogens (tertiary/aromatic N) is 1. The van der Waals surface area contributed by atoms with Gasteiger partial charge in [0.15, 0.2) is 0 Å². The van der Waals surface area contributed by atoms with Crippen LogP contribution in [-0.4, -0.2) is 56.7 Å². The Morgan fingerprint density at radius 1 is 1.29 bits per heavy atom. The van der Waals surface area contributed by atoms with Crippen molar-refractivity contribution in [2.45, 2.75) is 19.8 Å². The molecule has 1 aliphatic heterocycles. The van der Waals surface area contributed by atoms with E-state index < -0.39 is 0 Å². The number of carbonyl (C=O) groups excluding carboxylic acids is 1. The summed E-state index contributed by atoms with van der Waals surface area (Å²) in [5.74, 6) is 1.88. The molecule has 0 radical (unpaired) electrons. The molecule has 3 N–H and O–H groups in total. The van der Waals surface area contributed by atoms with E-state index in [9.17, 15) is 4.79 Å². The standard InChI is InChI=1S/C18H29N3O3/c1-2-23-16-5-7-17(8-6-16)24-13-12-21-11-3-4-15(14-21)18(22)20-10-9-19/h5-8,15H,2-4,9-14,19H2,1H3,(H,20,22). The highest BCUT2D eigenvalue weighted by atomic mass is 16.5. The highest BCUT2D eigenvalue weighted by Crippen LogP contribution is 2.19. The fraction of sp³-hybridized carbons (Fsp3) is 0.611. The molecular formula is C18H29N3O3. The van der Waals surface area contributed by atoms with Crippen LogP contribution in [0.2, 0.25) is 0 Å². The Kier molecular flexibility index (Phi) is 7.85. The van der Waals surface area contributed by atoms with Gasteiger partial charge in [0.1, 0.15) is 18.1 Å². The van der Waals surface area contributed by atoms with Crippen molar-refractivity contribution in [3.05, 3.63) is 24.3 Å². The van der Waals surface area contributed by atoms with E-state index in [4.69, 9.17) is 15.2 Å². The molecule has 0 saturated carbocycles. The maximum Gasteiger partial charge on any atom is 0.224 e. The van der Waals surface area contributed by atoms with Gasteiger partial charge in [0.2, 0.25) is 5.91 Å². The van der Waals surface area contributed by atoms with E-state index in [1.807, 2.05) is 31.2 Å². The Morgan fingerprint density at radius 3 is 2.67 bits per heavy atom. The first kappa shape index (κ1) is 18.5. The maximum atomic E-state index is 12.0. The summed E-state index contributed by atoms with van der Waals surface area (Å²) < 4.78 is 11.2. The van der Waals surface area contributed by atoms with E-state index in [1.165, 1.54) is 0 Å². The van der Waals surface area contributed by atoms with Crippen molar-refractivity contribution >= 4 is 5.91 Å². The van der Waals surface area contributed by atoms with Gasteiger partial charge in [0, 0.05) is 26.2 Å². The zero-order valence-corrected chi connectivity index (χ0v) is 14.5. The van der Waals surface area contributed by atoms with Gasteiger partial charge in [-0.2, -0.15) is 0 Å². The smallest absolute Gasteiger partial charge is 0.224 e. The molecule has 0 spiro atoms. The first-order valence-corrected chi connectivity index (χ1v) is 8.78. The molecule has 1 atom stereocenters. The quantitative estimate of drug-likeness (QED) is 0.710. The number of ether oxygens (including phenoxy) is 2. The largest absolute Gasteiger partial charge is 0.494 e. The van der Waals surface area contributed by atoms with Crippen LogP contribution < -0.4 is 20.5 Å². The number of rotatable bonds is 9. The second-order valence-electron chi connectivity index (χ2n) is 5.97. The van der Waals surface area contributed by atoms with E-state index in [-0.39, 0.29) is 11.8 Å². The minimum atomic E-state index is 0.0655. The van der Waals surface area contributed by atoms with Crippen LogP contribution in [0.15, 0.2) is 24.3 Å². The lowest BCUT2D eigenvalue weighted by Crippen LogP contribution is -2.45. The molecule has 0 aromatic heterocycles. The van der Waals surface area contributed by atoms with Crippen molar-refractivity contribution in [1.82, 2.24) is 10.2 Å². The molecule has 134 valence electrons. The van der Waals surface area contributed by atoms with Crippen LogP contribution in [0.4, 0.5) is 0 Å². The Morgan fingerprint density at radius 2 is 2.00 bits per heavy atom. The molecule has 1 fully saturated rings. The molecule has 6 heteroatoms. The molecule has 2 rings (SSSR count). The number of benzene rings is 1. The maximum absolute atomic E-state index is 12.0. The Hall–Kier alpha value is -1.79. The second kappa shape index (κ2) is 10.2. The number of amides is 1. The summed E-state index contributed by atoms with van der Waals surface area (Å²) in [6, 6.07) is 7.67. The van der Waals surface area contributed by atoms with Crippen LogP contribution in [0.1, 0.15) is 19.8 Å². The number of nitrogens with two attached hydrogens (primary N) is 1. The van der Waals surface area contributed by atoms with Gasteiger partial charge < -0.3 is 20.5 Å². The van der Waals surface area contributed by atoms with Crippen LogP contribution in [0.5, 0.6) is 11.5 Å². The third-order valence-corrected chi connectivity index (χ3v) is 4.13. The van der Waals surface area contributed by atoms with Crippen LogP contribution >= 0.6 is 0 Å². The average molecular weight is 335 g/mol. The van der Waals surface area contributed by atoms with Gasteiger partial charge in [0.05, 0.1) is 12.5 Å². The highest BCUT2D eigenvalue weighted by Gasteiger charge is 2.25. The normalized spacial score (nSPS) is 18.2. The van der Waals surface area contributed by atoms with Gasteiger partial charge in [-0.3, -0.25) is 9.69 Å². The molecule has 1 heterocycles. The lowest BCUT2D eigenvalue weighted by Gasteiger charge is -2.31. The minimum Gasteiger partial charge on any atom is -0.494 e. The molecular weight excluding hydrogens is 306 g/mol. The number of nitrogens with one attached hydrogen (secondary N) is 1. The molecule has 1 aliphatic rings. The van der Waals surface area contributed by atoms with Gasteiger partial charge in [0.25, 0.3) is 0 Å².